The molecule has 0 radical (unpaired) electrons. The van der Waals surface area contributed by atoms with Gasteiger partial charge in [0.2, 0.25) is 5.95 Å². The van der Waals surface area contributed by atoms with Gasteiger partial charge in [-0.05, 0) is 41.5 Å². The molecule has 1 N–H and O–H groups in total. The lowest BCUT2D eigenvalue weighted by Crippen LogP contribution is -2.33. The normalized spacial score (nSPS) is 20.2. The van der Waals surface area contributed by atoms with Crippen LogP contribution < -0.4 is 5.32 Å². The molecule has 0 saturated carbocycles. The molecular formula is C17H19FN2. The lowest BCUT2D eigenvalue weighted by Gasteiger charge is -2.40. The van der Waals surface area contributed by atoms with E-state index < -0.39 is 5.95 Å². The Morgan fingerprint density at radius 1 is 1.15 bits per heavy atom. The number of pyridine rings is 1. The summed E-state index contributed by atoms with van der Waals surface area (Å²) >= 11 is 0. The fourth-order valence-electron chi connectivity index (χ4n) is 2.98. The van der Waals surface area contributed by atoms with Crippen molar-refractivity contribution in [3.63, 3.8) is 0 Å². The summed E-state index contributed by atoms with van der Waals surface area (Å²) in [5.41, 5.74) is 2.79. The SMILES string of the molecule is CC1(C)CCc2ccccc2C1Nc1cccc(F)n1. The number of anilines is 1. The molecule has 3 heteroatoms. The summed E-state index contributed by atoms with van der Waals surface area (Å²) < 4.78 is 13.3. The number of fused-ring (bicyclic) bond motifs is 1. The van der Waals surface area contributed by atoms with Gasteiger partial charge in [-0.1, -0.05) is 44.2 Å². The van der Waals surface area contributed by atoms with Crippen LogP contribution in [0.15, 0.2) is 42.5 Å². The van der Waals surface area contributed by atoms with Crippen molar-refractivity contribution >= 4 is 5.82 Å². The number of nitrogens with one attached hydrogen (secondary N) is 1. The Balaban J connectivity index is 1.97. The summed E-state index contributed by atoms with van der Waals surface area (Å²) in [6.07, 6.45) is 2.20. The highest BCUT2D eigenvalue weighted by molar-refractivity contribution is 5.43. The molecule has 1 atom stereocenters. The Bertz CT molecular complexity index is 622. The molecule has 0 spiro atoms. The molecule has 1 unspecified atom stereocenters. The molecule has 0 bridgehead atoms. The van der Waals surface area contributed by atoms with Gasteiger partial charge >= 0.3 is 0 Å². The van der Waals surface area contributed by atoms with Crippen molar-refractivity contribution in [1.82, 2.24) is 4.98 Å². The van der Waals surface area contributed by atoms with Gasteiger partial charge in [-0.2, -0.15) is 4.39 Å². The molecule has 3 rings (SSSR count). The Labute approximate surface area is 119 Å². The van der Waals surface area contributed by atoms with Crippen molar-refractivity contribution in [2.45, 2.75) is 32.7 Å². The second kappa shape index (κ2) is 4.89. The maximum atomic E-state index is 13.3. The molecule has 20 heavy (non-hydrogen) atoms. The molecule has 1 aliphatic rings. The van der Waals surface area contributed by atoms with E-state index in [9.17, 15) is 4.39 Å². The largest absolute Gasteiger partial charge is 0.363 e. The minimum Gasteiger partial charge on any atom is -0.363 e. The second-order valence-electron chi connectivity index (χ2n) is 6.11. The summed E-state index contributed by atoms with van der Waals surface area (Å²) in [5.74, 6) is 0.150. The predicted octanol–water partition coefficient (Wildman–Crippen LogP) is 4.35. The maximum Gasteiger partial charge on any atom is 0.214 e. The van der Waals surface area contributed by atoms with Crippen molar-refractivity contribution in [3.05, 3.63) is 59.5 Å². The molecule has 2 aromatic rings. The molecule has 0 fully saturated rings. The van der Waals surface area contributed by atoms with Gasteiger partial charge in [-0.25, -0.2) is 4.98 Å². The van der Waals surface area contributed by atoms with E-state index in [0.717, 1.165) is 12.8 Å². The van der Waals surface area contributed by atoms with Gasteiger partial charge in [-0.15, -0.1) is 0 Å². The van der Waals surface area contributed by atoms with Crippen LogP contribution in [0, 0.1) is 11.4 Å². The third kappa shape index (κ3) is 2.40. The number of halogens is 1. The molecule has 0 saturated heterocycles. The van der Waals surface area contributed by atoms with Crippen LogP contribution in [0.25, 0.3) is 0 Å². The average molecular weight is 270 g/mol. The quantitative estimate of drug-likeness (QED) is 0.821. The van der Waals surface area contributed by atoms with Crippen LogP contribution in [0.5, 0.6) is 0 Å². The second-order valence-corrected chi connectivity index (χ2v) is 6.11. The van der Waals surface area contributed by atoms with Crippen LogP contribution in [-0.2, 0) is 6.42 Å². The molecule has 2 nitrogen and oxygen atoms in total. The summed E-state index contributed by atoms with van der Waals surface area (Å²) in [7, 11) is 0. The zero-order valence-electron chi connectivity index (χ0n) is 11.9. The molecule has 1 aliphatic carbocycles. The smallest absolute Gasteiger partial charge is 0.214 e. The van der Waals surface area contributed by atoms with E-state index in [1.807, 2.05) is 6.07 Å². The van der Waals surface area contributed by atoms with Gasteiger partial charge in [0.15, 0.2) is 0 Å². The number of aromatic nitrogens is 1. The summed E-state index contributed by atoms with van der Waals surface area (Å²) in [4.78, 5) is 3.93. The maximum absolute atomic E-state index is 13.3. The average Bonchev–Trinajstić information content (AvgIpc) is 2.42. The minimum absolute atomic E-state index is 0.113. The van der Waals surface area contributed by atoms with E-state index in [0.29, 0.717) is 5.82 Å². The number of benzene rings is 1. The van der Waals surface area contributed by atoms with E-state index in [-0.39, 0.29) is 11.5 Å². The highest BCUT2D eigenvalue weighted by Crippen LogP contribution is 2.44. The van der Waals surface area contributed by atoms with Gasteiger partial charge in [0, 0.05) is 0 Å². The van der Waals surface area contributed by atoms with Gasteiger partial charge < -0.3 is 5.32 Å². The zero-order valence-corrected chi connectivity index (χ0v) is 11.9. The van der Waals surface area contributed by atoms with E-state index in [2.05, 4.69) is 48.4 Å². The molecule has 1 aromatic carbocycles. The van der Waals surface area contributed by atoms with E-state index in [4.69, 9.17) is 0 Å². The van der Waals surface area contributed by atoms with E-state index >= 15 is 0 Å². The first-order chi connectivity index (χ1) is 9.56. The monoisotopic (exact) mass is 270 g/mol. The Kier molecular flexibility index (Phi) is 3.20. The Morgan fingerprint density at radius 3 is 2.75 bits per heavy atom. The molecule has 104 valence electrons. The summed E-state index contributed by atoms with van der Waals surface area (Å²) in [5, 5.41) is 3.42. The minimum atomic E-state index is -0.447. The van der Waals surface area contributed by atoms with Crippen LogP contribution in [0.2, 0.25) is 0 Å². The van der Waals surface area contributed by atoms with Crippen molar-refractivity contribution in [2.24, 2.45) is 5.41 Å². The van der Waals surface area contributed by atoms with Crippen LogP contribution >= 0.6 is 0 Å². The topological polar surface area (TPSA) is 24.9 Å². The number of nitrogens with zero attached hydrogens (tertiary/aromatic N) is 1. The summed E-state index contributed by atoms with van der Waals surface area (Å²) in [6, 6.07) is 13.5. The fraction of sp³-hybridized carbons (Fsp3) is 0.353. The van der Waals surface area contributed by atoms with Crippen LogP contribution in [0.4, 0.5) is 10.2 Å². The molecular weight excluding hydrogens is 251 g/mol. The van der Waals surface area contributed by atoms with Crippen LogP contribution in [-0.4, -0.2) is 4.98 Å². The Hall–Kier alpha value is -1.90. The number of rotatable bonds is 2. The van der Waals surface area contributed by atoms with Gasteiger partial charge in [0.05, 0.1) is 6.04 Å². The van der Waals surface area contributed by atoms with Crippen molar-refractivity contribution in [1.29, 1.82) is 0 Å². The van der Waals surface area contributed by atoms with Crippen molar-refractivity contribution < 1.29 is 4.39 Å². The van der Waals surface area contributed by atoms with Crippen LogP contribution in [0.3, 0.4) is 0 Å². The van der Waals surface area contributed by atoms with Crippen molar-refractivity contribution in [3.8, 4) is 0 Å². The van der Waals surface area contributed by atoms with Crippen LogP contribution in [0.1, 0.15) is 37.4 Å². The number of aryl methyl sites for hydroxylation is 1. The third-order valence-corrected chi connectivity index (χ3v) is 4.19. The number of hydrogen-bond donors (Lipinski definition) is 1. The Morgan fingerprint density at radius 2 is 1.95 bits per heavy atom. The lowest BCUT2D eigenvalue weighted by molar-refractivity contribution is 0.265. The standard InChI is InChI=1S/C17H19FN2/c1-17(2)11-10-12-6-3-4-7-13(12)16(17)20-15-9-5-8-14(18)19-15/h3-9,16H,10-11H2,1-2H3,(H,19,20). The van der Waals surface area contributed by atoms with Gasteiger partial charge in [0.25, 0.3) is 0 Å². The van der Waals surface area contributed by atoms with Crippen molar-refractivity contribution in [2.75, 3.05) is 5.32 Å². The van der Waals surface area contributed by atoms with E-state index in [1.54, 1.807) is 6.07 Å². The first-order valence-electron chi connectivity index (χ1n) is 7.03. The lowest BCUT2D eigenvalue weighted by atomic mass is 9.70. The first-order valence-corrected chi connectivity index (χ1v) is 7.03. The predicted molar refractivity (Wildman–Crippen MR) is 79.1 cm³/mol. The van der Waals surface area contributed by atoms with E-state index in [1.165, 1.54) is 17.2 Å². The molecule has 0 amide bonds. The first kappa shape index (κ1) is 13.1. The third-order valence-electron chi connectivity index (χ3n) is 4.19. The van der Waals surface area contributed by atoms with Gasteiger partial charge in [0.1, 0.15) is 5.82 Å². The fourth-order valence-corrected chi connectivity index (χ4v) is 2.98. The zero-order chi connectivity index (χ0) is 14.2. The molecule has 1 heterocycles. The molecule has 0 aliphatic heterocycles. The highest BCUT2D eigenvalue weighted by atomic mass is 19.1. The van der Waals surface area contributed by atoms with Gasteiger partial charge in [-0.3, -0.25) is 0 Å². The highest BCUT2D eigenvalue weighted by Gasteiger charge is 2.35. The summed E-state index contributed by atoms with van der Waals surface area (Å²) in [6.45, 7) is 4.50. The molecule has 1 aromatic heterocycles. The number of hydrogen-bond acceptors (Lipinski definition) is 2.